The molecular weight excluding hydrogens is 372 g/mol. The van der Waals surface area contributed by atoms with Crippen LogP contribution in [0, 0.1) is 0 Å². The Morgan fingerprint density at radius 3 is 2.41 bits per heavy atom. The number of likely N-dealkylation sites (tertiary alicyclic amines) is 1. The summed E-state index contributed by atoms with van der Waals surface area (Å²) in [6, 6.07) is 14.6. The summed E-state index contributed by atoms with van der Waals surface area (Å²) in [7, 11) is 1.55. The third kappa shape index (κ3) is 4.82. The van der Waals surface area contributed by atoms with Crippen LogP contribution in [0.4, 0.5) is 0 Å². The number of nitrogens with zero attached hydrogens (tertiary/aromatic N) is 1. The first-order valence-electron chi connectivity index (χ1n) is 9.25. The fourth-order valence-corrected chi connectivity index (χ4v) is 3.22. The van der Waals surface area contributed by atoms with Gasteiger partial charge >= 0.3 is 5.97 Å². The maximum absolute atomic E-state index is 13.1. The molecule has 2 aromatic rings. The number of carbonyl (C=O) groups is 3. The number of hydrogen-bond acceptors (Lipinski definition) is 4. The number of methoxy groups -OCH3 is 1. The molecule has 0 aliphatic carbocycles. The van der Waals surface area contributed by atoms with Crippen molar-refractivity contribution in [1.82, 2.24) is 10.2 Å². The molecule has 2 amide bonds. The van der Waals surface area contributed by atoms with E-state index in [1.807, 2.05) is 0 Å². The van der Waals surface area contributed by atoms with Crippen molar-refractivity contribution < 1.29 is 24.2 Å². The third-order valence-corrected chi connectivity index (χ3v) is 4.74. The van der Waals surface area contributed by atoms with Gasteiger partial charge in [0.05, 0.1) is 7.11 Å². The molecule has 0 bridgehead atoms. The Morgan fingerprint density at radius 1 is 1.10 bits per heavy atom. The van der Waals surface area contributed by atoms with E-state index in [0.717, 1.165) is 0 Å². The number of carboxylic acids is 1. The number of rotatable bonds is 6. The van der Waals surface area contributed by atoms with Gasteiger partial charge in [-0.2, -0.15) is 0 Å². The van der Waals surface area contributed by atoms with Crippen molar-refractivity contribution in [3.8, 4) is 5.75 Å². The van der Waals surface area contributed by atoms with Crippen LogP contribution in [0.3, 0.4) is 0 Å². The van der Waals surface area contributed by atoms with Gasteiger partial charge in [0, 0.05) is 12.1 Å². The summed E-state index contributed by atoms with van der Waals surface area (Å²) in [4.78, 5) is 38.5. The van der Waals surface area contributed by atoms with Gasteiger partial charge < -0.3 is 20.1 Å². The lowest BCUT2D eigenvalue weighted by Gasteiger charge is -2.23. The molecule has 1 aliphatic heterocycles. The minimum Gasteiger partial charge on any atom is -0.497 e. The van der Waals surface area contributed by atoms with E-state index >= 15 is 0 Å². The Labute approximate surface area is 168 Å². The highest BCUT2D eigenvalue weighted by Crippen LogP contribution is 2.21. The first-order valence-corrected chi connectivity index (χ1v) is 9.25. The van der Waals surface area contributed by atoms with E-state index in [9.17, 15) is 19.5 Å². The van der Waals surface area contributed by atoms with Crippen LogP contribution in [-0.4, -0.2) is 47.5 Å². The molecule has 0 radical (unpaired) electrons. The van der Waals surface area contributed by atoms with E-state index in [-0.39, 0.29) is 5.70 Å². The second kappa shape index (κ2) is 9.05. The number of benzene rings is 2. The van der Waals surface area contributed by atoms with E-state index < -0.39 is 23.8 Å². The largest absolute Gasteiger partial charge is 0.497 e. The molecule has 1 fully saturated rings. The highest BCUT2D eigenvalue weighted by molar-refractivity contribution is 6.06. The smallest absolute Gasteiger partial charge is 0.326 e. The SMILES string of the molecule is COc1ccc(/C=C(/NC(=O)c2ccccc2)C(=O)N2CCCC2C(=O)O)cc1. The highest BCUT2D eigenvalue weighted by Gasteiger charge is 2.35. The van der Waals surface area contributed by atoms with Crippen LogP contribution >= 0.6 is 0 Å². The van der Waals surface area contributed by atoms with Gasteiger partial charge in [0.2, 0.25) is 0 Å². The van der Waals surface area contributed by atoms with Crippen molar-refractivity contribution in [3.63, 3.8) is 0 Å². The fourth-order valence-electron chi connectivity index (χ4n) is 3.22. The Kier molecular flexibility index (Phi) is 6.29. The number of ether oxygens (including phenoxy) is 1. The molecule has 1 aliphatic rings. The van der Waals surface area contributed by atoms with Gasteiger partial charge in [-0.1, -0.05) is 30.3 Å². The molecule has 2 aromatic carbocycles. The summed E-state index contributed by atoms with van der Waals surface area (Å²) < 4.78 is 5.13. The van der Waals surface area contributed by atoms with Crippen LogP contribution < -0.4 is 10.1 Å². The van der Waals surface area contributed by atoms with Crippen molar-refractivity contribution in [2.75, 3.05) is 13.7 Å². The predicted octanol–water partition coefficient (Wildman–Crippen LogP) is 2.54. The highest BCUT2D eigenvalue weighted by atomic mass is 16.5. The molecule has 3 rings (SSSR count). The average molecular weight is 394 g/mol. The van der Waals surface area contributed by atoms with Gasteiger partial charge in [-0.05, 0) is 48.7 Å². The van der Waals surface area contributed by atoms with Gasteiger partial charge in [-0.15, -0.1) is 0 Å². The van der Waals surface area contributed by atoms with Gasteiger partial charge in [0.15, 0.2) is 0 Å². The average Bonchev–Trinajstić information content (AvgIpc) is 3.24. The summed E-state index contributed by atoms with van der Waals surface area (Å²) >= 11 is 0. The van der Waals surface area contributed by atoms with Crippen molar-refractivity contribution in [2.24, 2.45) is 0 Å². The lowest BCUT2D eigenvalue weighted by Crippen LogP contribution is -2.44. The Balaban J connectivity index is 1.91. The molecule has 2 N–H and O–H groups in total. The minimum absolute atomic E-state index is 0.0252. The molecule has 1 heterocycles. The van der Waals surface area contributed by atoms with Gasteiger partial charge in [0.25, 0.3) is 11.8 Å². The molecular formula is C22H22N2O5. The van der Waals surface area contributed by atoms with E-state index in [1.165, 1.54) is 4.90 Å². The molecule has 0 saturated carbocycles. The number of hydrogen-bond donors (Lipinski definition) is 2. The Morgan fingerprint density at radius 2 is 1.79 bits per heavy atom. The van der Waals surface area contributed by atoms with Gasteiger partial charge in [-0.25, -0.2) is 4.79 Å². The van der Waals surface area contributed by atoms with Crippen molar-refractivity contribution in [2.45, 2.75) is 18.9 Å². The molecule has 0 spiro atoms. The summed E-state index contributed by atoms with van der Waals surface area (Å²) in [6.07, 6.45) is 2.54. The lowest BCUT2D eigenvalue weighted by atomic mass is 10.1. The molecule has 1 atom stereocenters. The molecule has 7 heteroatoms. The zero-order valence-corrected chi connectivity index (χ0v) is 16.0. The molecule has 150 valence electrons. The fraction of sp³-hybridized carbons (Fsp3) is 0.227. The molecule has 1 unspecified atom stereocenters. The maximum Gasteiger partial charge on any atom is 0.326 e. The number of aliphatic carboxylic acids is 1. The topological polar surface area (TPSA) is 95.9 Å². The second-order valence-corrected chi connectivity index (χ2v) is 6.65. The van der Waals surface area contributed by atoms with E-state index in [2.05, 4.69) is 5.32 Å². The van der Waals surface area contributed by atoms with Crippen LogP contribution in [-0.2, 0) is 9.59 Å². The van der Waals surface area contributed by atoms with E-state index in [4.69, 9.17) is 4.74 Å². The zero-order valence-electron chi connectivity index (χ0n) is 16.0. The predicted molar refractivity (Wildman–Crippen MR) is 107 cm³/mol. The second-order valence-electron chi connectivity index (χ2n) is 6.65. The van der Waals surface area contributed by atoms with Crippen molar-refractivity contribution in [1.29, 1.82) is 0 Å². The van der Waals surface area contributed by atoms with Crippen LogP contribution in [0.15, 0.2) is 60.3 Å². The summed E-state index contributed by atoms with van der Waals surface area (Å²) in [6.45, 7) is 0.330. The molecule has 29 heavy (non-hydrogen) atoms. The van der Waals surface area contributed by atoms with E-state index in [0.29, 0.717) is 36.3 Å². The minimum atomic E-state index is -1.05. The van der Waals surface area contributed by atoms with Crippen LogP contribution in [0.25, 0.3) is 6.08 Å². The first-order chi connectivity index (χ1) is 14.0. The van der Waals surface area contributed by atoms with Gasteiger partial charge in [-0.3, -0.25) is 9.59 Å². The van der Waals surface area contributed by atoms with Crippen LogP contribution in [0.2, 0.25) is 0 Å². The Bertz CT molecular complexity index is 922. The molecule has 7 nitrogen and oxygen atoms in total. The van der Waals surface area contributed by atoms with Crippen molar-refractivity contribution in [3.05, 3.63) is 71.4 Å². The number of carboxylic acid groups (broad SMARTS) is 1. The number of carbonyl (C=O) groups excluding carboxylic acids is 2. The normalized spacial score (nSPS) is 16.4. The Hall–Kier alpha value is -3.61. The van der Waals surface area contributed by atoms with Crippen LogP contribution in [0.1, 0.15) is 28.8 Å². The number of amides is 2. The third-order valence-electron chi connectivity index (χ3n) is 4.74. The maximum atomic E-state index is 13.1. The summed E-state index contributed by atoms with van der Waals surface area (Å²) in [5.41, 5.74) is 1.10. The monoisotopic (exact) mass is 394 g/mol. The van der Waals surface area contributed by atoms with E-state index in [1.54, 1.807) is 67.8 Å². The molecule has 1 saturated heterocycles. The number of nitrogens with one attached hydrogen (secondary N) is 1. The summed E-state index contributed by atoms with van der Waals surface area (Å²) in [5.74, 6) is -1.34. The first kappa shape index (κ1) is 20.1. The molecule has 0 aromatic heterocycles. The zero-order chi connectivity index (χ0) is 20.8. The van der Waals surface area contributed by atoms with Crippen LogP contribution in [0.5, 0.6) is 5.75 Å². The lowest BCUT2D eigenvalue weighted by molar-refractivity contribution is -0.146. The van der Waals surface area contributed by atoms with Crippen molar-refractivity contribution >= 4 is 23.9 Å². The quantitative estimate of drug-likeness (QED) is 0.734. The van der Waals surface area contributed by atoms with Gasteiger partial charge in [0.1, 0.15) is 17.5 Å². The summed E-state index contributed by atoms with van der Waals surface area (Å²) in [5, 5.41) is 12.1. The standard InChI is InChI=1S/C22H22N2O5/c1-29-17-11-9-15(10-12-17)14-18(23-20(25)16-6-3-2-4-7-16)21(26)24-13-5-8-19(24)22(27)28/h2-4,6-7,9-12,14,19H,5,8,13H2,1H3,(H,23,25)(H,27,28)/b18-14+.